The molecule has 60 heavy (non-hydrogen) atoms. The third-order valence-electron chi connectivity index (χ3n) is 9.52. The third-order valence-corrected chi connectivity index (χ3v) is 25.6. The average Bonchev–Trinajstić information content (AvgIpc) is 4.00. The predicted octanol–water partition coefficient (Wildman–Crippen LogP) is -0.305. The van der Waals surface area contributed by atoms with Crippen LogP contribution in [0.25, 0.3) is 0 Å². The van der Waals surface area contributed by atoms with Crippen molar-refractivity contribution in [3.05, 3.63) is 0 Å². The molecule has 26 heteroatoms. The van der Waals surface area contributed by atoms with Gasteiger partial charge in [-0.25, -0.2) is 0 Å². The van der Waals surface area contributed by atoms with Crippen molar-refractivity contribution in [2.24, 2.45) is 0 Å². The second-order valence-electron chi connectivity index (χ2n) is 15.2. The highest BCUT2D eigenvalue weighted by Gasteiger charge is 2.59. The van der Waals surface area contributed by atoms with Crippen LogP contribution in [0.5, 0.6) is 0 Å². The van der Waals surface area contributed by atoms with Gasteiger partial charge < -0.3 is 96.9 Å². The topological polar surface area (TPSA) is 254 Å². The van der Waals surface area contributed by atoms with Crippen molar-refractivity contribution >= 4 is 43.5 Å². The van der Waals surface area contributed by atoms with Gasteiger partial charge in [-0.3, -0.25) is 0 Å². The Kier molecular flexibility index (Phi) is 23.8. The first-order valence-corrected chi connectivity index (χ1v) is 31.7. The molecule has 0 aromatic carbocycles. The smallest absolute Gasteiger partial charge is 0.410 e. The van der Waals surface area contributed by atoms with E-state index < -0.39 is 49.8 Å². The molecular formula is C34H72O21Si5. The molecule has 5 aliphatic heterocycles. The molecule has 0 aromatic heterocycles. The van der Waals surface area contributed by atoms with Gasteiger partial charge in [-0.05, 0) is 32.9 Å². The number of epoxide rings is 5. The first-order valence-electron chi connectivity index (χ1n) is 21.0. The average molecular weight is 957 g/mol. The molecule has 9 unspecified atom stereocenters. The van der Waals surface area contributed by atoms with Gasteiger partial charge in [0, 0.05) is 64.8 Å². The van der Waals surface area contributed by atoms with Gasteiger partial charge in [-0.1, -0.05) is 0 Å². The molecule has 5 aliphatic rings. The first-order chi connectivity index (χ1) is 28.8. The fraction of sp³-hybridized carbons (Fsp3) is 1.00. The van der Waals surface area contributed by atoms with Crippen LogP contribution in [-0.4, -0.2) is 226 Å². The standard InChI is InChI=1S/C23H48O17Si4.C11H24O4Si/c1-28-42(26,8-4-31-12-21-16-35-21)39-44(29-2,10-6-33-14-23-18-37-23)40-43(27,9-5-32-13-22-17-36-22)38-41(25,19-24)7-3-30-11-20-15-34-20;1-4-14-16(3,15-5-2)8-6-7-12-9-11-10-13-11/h20-27H,3-19H2,1-2H3;11H,4-10H2,1-3H3. The molecule has 4 N–H and O–H groups in total. The van der Waals surface area contributed by atoms with Crippen molar-refractivity contribution in [1.29, 1.82) is 0 Å². The van der Waals surface area contributed by atoms with Gasteiger partial charge in [-0.15, -0.1) is 0 Å². The Balaban J connectivity index is 0.000000416. The summed E-state index contributed by atoms with van der Waals surface area (Å²) in [5.41, 5.74) is 0. The lowest BCUT2D eigenvalue weighted by Gasteiger charge is -2.40. The van der Waals surface area contributed by atoms with Crippen LogP contribution in [0.1, 0.15) is 20.3 Å². The molecule has 0 bridgehead atoms. The maximum absolute atomic E-state index is 11.9. The first kappa shape index (κ1) is 52.9. The van der Waals surface area contributed by atoms with Crippen LogP contribution < -0.4 is 0 Å². The zero-order valence-electron chi connectivity index (χ0n) is 36.1. The lowest BCUT2D eigenvalue weighted by atomic mass is 10.5. The van der Waals surface area contributed by atoms with E-state index in [0.29, 0.717) is 59.0 Å². The van der Waals surface area contributed by atoms with Crippen LogP contribution in [0, 0.1) is 0 Å². The summed E-state index contributed by atoms with van der Waals surface area (Å²) >= 11 is 0. The Morgan fingerprint density at radius 3 is 1.27 bits per heavy atom. The lowest BCUT2D eigenvalue weighted by Crippen LogP contribution is -2.66. The van der Waals surface area contributed by atoms with Crippen molar-refractivity contribution < 1.29 is 96.9 Å². The second-order valence-corrected chi connectivity index (χ2v) is 30.2. The van der Waals surface area contributed by atoms with Crippen LogP contribution >= 0.6 is 0 Å². The molecule has 0 spiro atoms. The van der Waals surface area contributed by atoms with Gasteiger partial charge in [0.15, 0.2) is 0 Å². The highest BCUT2D eigenvalue weighted by Crippen LogP contribution is 2.30. The van der Waals surface area contributed by atoms with Gasteiger partial charge in [0.1, 0.15) is 30.5 Å². The number of rotatable bonds is 39. The van der Waals surface area contributed by atoms with Crippen LogP contribution in [0.3, 0.4) is 0 Å². The summed E-state index contributed by atoms with van der Waals surface area (Å²) in [7, 11) is -15.8. The molecule has 0 aliphatic carbocycles. The second kappa shape index (κ2) is 27.0. The van der Waals surface area contributed by atoms with E-state index in [0.717, 1.165) is 45.5 Å². The minimum Gasteiger partial charge on any atom is -0.410 e. The summed E-state index contributed by atoms with van der Waals surface area (Å²) in [5, 5.41) is 10.2. The number of aliphatic hydroxyl groups excluding tert-OH is 1. The number of aliphatic hydroxyl groups is 1. The van der Waals surface area contributed by atoms with Gasteiger partial charge in [0.25, 0.3) is 0 Å². The van der Waals surface area contributed by atoms with E-state index in [1.165, 1.54) is 14.2 Å². The number of hydrogen-bond donors (Lipinski definition) is 4. The van der Waals surface area contributed by atoms with E-state index >= 15 is 0 Å². The molecule has 0 radical (unpaired) electrons. The Hall–Kier alpha value is 0.244. The summed E-state index contributed by atoms with van der Waals surface area (Å²) in [6, 6.07) is 0.807. The van der Waals surface area contributed by atoms with Crippen molar-refractivity contribution in [1.82, 2.24) is 0 Å². The Bertz CT molecular complexity index is 1150. The molecular weight excluding hydrogens is 885 g/mol. The Morgan fingerprint density at radius 2 is 0.883 bits per heavy atom. The molecule has 5 saturated heterocycles. The largest absolute Gasteiger partial charge is 0.492 e. The zero-order valence-corrected chi connectivity index (χ0v) is 41.1. The summed E-state index contributed by atoms with van der Waals surface area (Å²) < 4.78 is 95.0. The van der Waals surface area contributed by atoms with Gasteiger partial charge in [-0.2, -0.15) is 0 Å². The van der Waals surface area contributed by atoms with Crippen LogP contribution in [-0.2, 0) is 77.4 Å². The minimum absolute atomic E-state index is 0.000768. The summed E-state index contributed by atoms with van der Waals surface area (Å²) in [4.78, 5) is 34.7. The molecule has 5 fully saturated rings. The summed E-state index contributed by atoms with van der Waals surface area (Å²) in [6.07, 6.45) is 0.718. The quantitative estimate of drug-likeness (QED) is 0.0350. The predicted molar refractivity (Wildman–Crippen MR) is 220 cm³/mol. The van der Waals surface area contributed by atoms with E-state index in [-0.39, 0.29) is 75.0 Å². The van der Waals surface area contributed by atoms with Crippen molar-refractivity contribution in [2.45, 2.75) is 87.6 Å². The molecule has 0 amide bonds. The number of hydrogen-bond acceptors (Lipinski definition) is 21. The van der Waals surface area contributed by atoms with E-state index in [2.05, 4.69) is 6.55 Å². The molecule has 0 saturated carbocycles. The maximum Gasteiger partial charge on any atom is 0.492 e. The van der Waals surface area contributed by atoms with E-state index in [9.17, 15) is 19.5 Å². The van der Waals surface area contributed by atoms with Crippen molar-refractivity contribution in [3.63, 3.8) is 0 Å². The van der Waals surface area contributed by atoms with Gasteiger partial charge in [0.2, 0.25) is 0 Å². The molecule has 9 atom stereocenters. The fourth-order valence-corrected chi connectivity index (χ4v) is 21.3. The van der Waals surface area contributed by atoms with E-state index in [4.69, 9.17) is 77.4 Å². The maximum atomic E-state index is 11.9. The normalized spacial score (nSPS) is 26.9. The zero-order chi connectivity index (χ0) is 43.4. The highest BCUT2D eigenvalue weighted by molar-refractivity contribution is 6.84. The summed E-state index contributed by atoms with van der Waals surface area (Å²) in [6.45, 7) is 14.1. The van der Waals surface area contributed by atoms with Gasteiger partial charge in [0.05, 0.1) is 92.1 Å². The molecule has 0 aromatic rings. The third kappa shape index (κ3) is 22.9. The molecule has 354 valence electrons. The number of ether oxygens (including phenoxy) is 10. The SMILES string of the molecule is CCO[Si](C)(CCCOCC1CO1)OCC.CO[Si](O)(CCOCC1CO1)O[Si](CCOCC1CO1)(OC)O[Si](O)(CCOCC1CO1)O[Si](O)(CO)CCOCC1CO1. The Labute approximate surface area is 359 Å². The van der Waals surface area contributed by atoms with Crippen molar-refractivity contribution in [3.8, 4) is 0 Å². The molecule has 21 nitrogen and oxygen atoms in total. The van der Waals surface area contributed by atoms with Gasteiger partial charge >= 0.3 is 43.5 Å². The van der Waals surface area contributed by atoms with E-state index in [1.54, 1.807) is 0 Å². The fourth-order valence-electron chi connectivity index (χ4n) is 5.59. The van der Waals surface area contributed by atoms with E-state index in [1.807, 2.05) is 13.8 Å². The molecule has 5 rings (SSSR count). The minimum atomic E-state index is -4.47. The lowest BCUT2D eigenvalue weighted by molar-refractivity contribution is 0.0635. The van der Waals surface area contributed by atoms with Crippen LogP contribution in [0.4, 0.5) is 0 Å². The Morgan fingerprint density at radius 1 is 0.500 bits per heavy atom. The monoisotopic (exact) mass is 956 g/mol. The van der Waals surface area contributed by atoms with Crippen LogP contribution in [0.2, 0.25) is 36.8 Å². The highest BCUT2D eigenvalue weighted by atomic mass is 28.5. The van der Waals surface area contributed by atoms with Crippen LogP contribution in [0.15, 0.2) is 0 Å². The van der Waals surface area contributed by atoms with Crippen molar-refractivity contribution in [2.75, 3.05) is 133 Å². The summed E-state index contributed by atoms with van der Waals surface area (Å²) in [5.74, 6) is 0. The molecule has 5 heterocycles.